The van der Waals surface area contributed by atoms with Gasteiger partial charge in [-0.15, -0.1) is 10.2 Å². The maximum absolute atomic E-state index is 14.9. The number of nitrogens with one attached hydrogen (secondary N) is 4. The zero-order valence-corrected chi connectivity index (χ0v) is 37.5. The highest BCUT2D eigenvalue weighted by Crippen LogP contribution is 2.37. The molecule has 16 nitrogen and oxygen atoms in total. The third-order valence-electron chi connectivity index (χ3n) is 12.3. The quantitative estimate of drug-likeness (QED) is 0.103. The second-order valence-corrected chi connectivity index (χ2v) is 17.0. The van der Waals surface area contributed by atoms with E-state index >= 15 is 0 Å². The Bertz CT molecular complexity index is 3440. The maximum Gasteiger partial charge on any atom is 0.250 e. The van der Waals surface area contributed by atoms with Gasteiger partial charge in [0.05, 0.1) is 64.9 Å². The summed E-state index contributed by atoms with van der Waals surface area (Å²) in [7, 11) is 0. The van der Waals surface area contributed by atoms with Crippen LogP contribution in [0.5, 0.6) is 0 Å². The number of imidazole rings is 2. The molecular weight excluding hydrogens is 859 g/mol. The van der Waals surface area contributed by atoms with E-state index in [-0.39, 0.29) is 10.9 Å². The number of benzene rings is 4. The van der Waals surface area contributed by atoms with E-state index in [0.29, 0.717) is 84.7 Å². The number of aryl methyl sites for hydroxylation is 3. The molecule has 5 aromatic heterocycles. The van der Waals surface area contributed by atoms with Crippen molar-refractivity contribution >= 4 is 84.2 Å². The van der Waals surface area contributed by atoms with Crippen LogP contribution < -0.4 is 20.1 Å². The Morgan fingerprint density at radius 3 is 2.03 bits per heavy atom. The number of halogens is 2. The largest absolute Gasteiger partial charge is 0.378 e. The Hall–Kier alpha value is -7.34. The summed E-state index contributed by atoms with van der Waals surface area (Å²) < 4.78 is 30.4. The van der Waals surface area contributed by atoms with Gasteiger partial charge in [-0.25, -0.2) is 24.7 Å². The summed E-state index contributed by atoms with van der Waals surface area (Å²) in [6.45, 7) is 13.1. The number of H-pyrrole nitrogens is 1. The highest BCUT2D eigenvalue weighted by Gasteiger charge is 2.26. The molecule has 4 aromatic carbocycles. The molecule has 0 saturated carbocycles. The van der Waals surface area contributed by atoms with E-state index in [9.17, 15) is 9.80 Å². The lowest BCUT2D eigenvalue weighted by atomic mass is 10.1. The van der Waals surface area contributed by atoms with Gasteiger partial charge in [0.2, 0.25) is 5.84 Å². The maximum atomic E-state index is 14.9. The van der Waals surface area contributed by atoms with Crippen molar-refractivity contribution in [2.75, 3.05) is 62.4 Å². The molecule has 0 amide bonds. The van der Waals surface area contributed by atoms with Gasteiger partial charge in [-0.3, -0.25) is 24.5 Å². The van der Waals surface area contributed by atoms with Gasteiger partial charge >= 0.3 is 0 Å². The molecule has 332 valence electrons. The van der Waals surface area contributed by atoms with Crippen LogP contribution in [-0.4, -0.2) is 109 Å². The van der Waals surface area contributed by atoms with Crippen molar-refractivity contribution in [1.82, 2.24) is 49.6 Å². The van der Waals surface area contributed by atoms with E-state index < -0.39 is 5.82 Å². The third kappa shape index (κ3) is 7.24. The Morgan fingerprint density at radius 2 is 1.36 bits per heavy atom. The normalized spacial score (nSPS) is 14.9. The number of anilines is 2. The molecule has 18 heteroatoms. The first-order chi connectivity index (χ1) is 32.1. The number of aromatic nitrogens is 9. The van der Waals surface area contributed by atoms with Crippen LogP contribution in [0.2, 0.25) is 5.02 Å². The second kappa shape index (κ2) is 16.6. The van der Waals surface area contributed by atoms with Gasteiger partial charge in [0, 0.05) is 73.2 Å². The molecule has 2 fully saturated rings. The standard InChI is InChI=1S/C48H44ClFN14O2/c1-26(55-47(51)35-22-31(61-12-16-65-17-13-61)24-41-45(35)57-28(3)64(41)40-9-10-52-43-34(40)20-30(50)21-37(43)49)54-38-7-5-6-33-39(8-11-53-44(33)38)63-29(4)58-46-36(48-56-27(2)59-60-48)23-32(25-42(46)63)62-14-18-66-19-15-62/h5-11,20-25H,12-19H2,1-4H3,(H2,51,54,55)(H,56,59,60)/p+1. The van der Waals surface area contributed by atoms with Crippen molar-refractivity contribution in [2.45, 2.75) is 27.7 Å². The number of para-hydroxylation sites is 1. The second-order valence-electron chi connectivity index (χ2n) is 16.6. The number of pyridine rings is 2. The monoisotopic (exact) mass is 903 g/mol. The summed E-state index contributed by atoms with van der Waals surface area (Å²) in [4.78, 5) is 30.9. The number of morpholine rings is 2. The van der Waals surface area contributed by atoms with E-state index in [1.165, 1.54) is 12.1 Å². The van der Waals surface area contributed by atoms with Crippen molar-refractivity contribution in [2.24, 2.45) is 0 Å². The fourth-order valence-electron chi connectivity index (χ4n) is 9.32. The van der Waals surface area contributed by atoms with Crippen molar-refractivity contribution in [1.29, 1.82) is 5.41 Å². The summed E-state index contributed by atoms with van der Waals surface area (Å²) in [6.07, 6.45) is 3.47. The zero-order valence-electron chi connectivity index (χ0n) is 36.7. The minimum absolute atomic E-state index is 0.140. The summed E-state index contributed by atoms with van der Waals surface area (Å²) in [6, 6.07) is 21.0. The van der Waals surface area contributed by atoms with Gasteiger partial charge in [0.25, 0.3) is 5.84 Å². The number of aromatic amines is 1. The number of amidine groups is 2. The van der Waals surface area contributed by atoms with Gasteiger partial charge in [-0.2, -0.15) is 0 Å². The van der Waals surface area contributed by atoms with E-state index in [1.54, 1.807) is 6.20 Å². The topological polar surface area (TPSA) is 178 Å². The molecule has 0 aliphatic carbocycles. The minimum Gasteiger partial charge on any atom is -0.378 e. The molecule has 0 radical (unpaired) electrons. The average Bonchev–Trinajstić information content (AvgIpc) is 4.01. The molecule has 11 rings (SSSR count). The van der Waals surface area contributed by atoms with Crippen LogP contribution in [0.25, 0.3) is 66.6 Å². The lowest BCUT2D eigenvalue weighted by Gasteiger charge is -2.29. The lowest BCUT2D eigenvalue weighted by Crippen LogP contribution is -2.70. The average molecular weight is 904 g/mol. The van der Waals surface area contributed by atoms with Crippen LogP contribution in [0.15, 0.2) is 79.1 Å². The Labute approximate surface area is 382 Å². The molecule has 0 atom stereocenters. The first-order valence-electron chi connectivity index (χ1n) is 21.8. The Balaban J connectivity index is 0.985. The van der Waals surface area contributed by atoms with E-state index in [2.05, 4.69) is 69.1 Å². The molecule has 66 heavy (non-hydrogen) atoms. The summed E-state index contributed by atoms with van der Waals surface area (Å²) in [5, 5.41) is 23.3. The first-order valence-corrected chi connectivity index (χ1v) is 22.2. The fraction of sp³-hybridized carbons (Fsp3) is 0.250. The predicted octanol–water partition coefficient (Wildman–Crippen LogP) is 6.38. The summed E-state index contributed by atoms with van der Waals surface area (Å²) in [5.41, 5.74) is 10.1. The fourth-order valence-corrected chi connectivity index (χ4v) is 9.57. The van der Waals surface area contributed by atoms with Crippen molar-refractivity contribution in [3.63, 3.8) is 0 Å². The van der Waals surface area contributed by atoms with Gasteiger partial charge in [0.15, 0.2) is 11.5 Å². The van der Waals surface area contributed by atoms with Crippen LogP contribution in [0, 0.1) is 32.0 Å². The van der Waals surface area contributed by atoms with Crippen LogP contribution in [-0.2, 0) is 9.47 Å². The Morgan fingerprint density at radius 1 is 0.742 bits per heavy atom. The van der Waals surface area contributed by atoms with Gasteiger partial charge in [-0.05, 0) is 75.4 Å². The van der Waals surface area contributed by atoms with Crippen molar-refractivity contribution in [3.8, 4) is 22.8 Å². The number of ether oxygens (including phenoxy) is 2. The van der Waals surface area contributed by atoms with Crippen LogP contribution in [0.1, 0.15) is 30.0 Å². The summed E-state index contributed by atoms with van der Waals surface area (Å²) in [5.74, 6) is 3.14. The number of nitrogens with zero attached hydrogens (tertiary/aromatic N) is 10. The van der Waals surface area contributed by atoms with E-state index in [4.69, 9.17) is 36.0 Å². The Kier molecular flexibility index (Phi) is 10.4. The lowest BCUT2D eigenvalue weighted by molar-refractivity contribution is -0.354. The van der Waals surface area contributed by atoms with Crippen LogP contribution in [0.3, 0.4) is 0 Å². The van der Waals surface area contributed by atoms with Gasteiger partial charge in [0.1, 0.15) is 39.8 Å². The highest BCUT2D eigenvalue weighted by atomic mass is 35.5. The van der Waals surface area contributed by atoms with Gasteiger partial charge in [-0.1, -0.05) is 23.7 Å². The molecule has 9 aromatic rings. The van der Waals surface area contributed by atoms with Crippen LogP contribution >= 0.6 is 11.6 Å². The SMILES string of the molecule is CC(NC(=N)c1cc(N2CCOCC2)cc2c1nc(C)n2-c1ccnc2c(Cl)cc(F)cc12)=[NH+]c1cccc2c(-n3c(C)nc4c(-c5nnc(C)[nH]5)cc(N5CCOCC5)cc43)ccnc12. The van der Waals surface area contributed by atoms with Crippen LogP contribution in [0.4, 0.5) is 21.5 Å². The number of hydrogen-bond donors (Lipinski definition) is 4. The third-order valence-corrected chi connectivity index (χ3v) is 12.6. The molecular formula is C48H45ClFN14O2+. The molecule has 2 saturated heterocycles. The van der Waals surface area contributed by atoms with E-state index in [0.717, 1.165) is 80.5 Å². The number of fused-ring (bicyclic) bond motifs is 4. The van der Waals surface area contributed by atoms with Gasteiger partial charge < -0.3 is 24.3 Å². The smallest absolute Gasteiger partial charge is 0.250 e. The van der Waals surface area contributed by atoms with E-state index in [1.807, 2.05) is 68.8 Å². The molecule has 7 heterocycles. The summed E-state index contributed by atoms with van der Waals surface area (Å²) >= 11 is 6.49. The molecule has 2 aliphatic rings. The molecule has 2 aliphatic heterocycles. The predicted molar refractivity (Wildman–Crippen MR) is 255 cm³/mol. The van der Waals surface area contributed by atoms with Crippen molar-refractivity contribution < 1.29 is 18.9 Å². The number of rotatable bonds is 7. The highest BCUT2D eigenvalue weighted by molar-refractivity contribution is 6.35. The minimum atomic E-state index is -0.461. The molecule has 0 spiro atoms. The number of hydrogen-bond acceptors (Lipinski definition) is 11. The molecule has 4 N–H and O–H groups in total. The molecule has 0 unspecified atom stereocenters. The molecule has 0 bridgehead atoms. The first kappa shape index (κ1) is 41.4. The van der Waals surface area contributed by atoms with Crippen molar-refractivity contribution in [3.05, 3.63) is 113 Å². The zero-order chi connectivity index (χ0) is 45.2.